The first-order valence-electron chi connectivity index (χ1n) is 3.87. The smallest absolute Gasteiger partial charge is 0.0672 e. The summed E-state index contributed by atoms with van der Waals surface area (Å²) >= 11 is 0. The molecular weight excluding hydrogens is 124 g/mol. The molecule has 0 aromatic carbocycles. The van der Waals surface area contributed by atoms with Crippen LogP contribution < -0.4 is 5.73 Å². The van der Waals surface area contributed by atoms with E-state index in [-0.39, 0.29) is 12.0 Å². The lowest BCUT2D eigenvalue weighted by Gasteiger charge is -2.10. The van der Waals surface area contributed by atoms with Crippen molar-refractivity contribution < 1.29 is 0 Å². The van der Waals surface area contributed by atoms with Crippen molar-refractivity contribution >= 4 is 0 Å². The third-order valence-corrected chi connectivity index (χ3v) is 1.67. The molecule has 0 spiro atoms. The van der Waals surface area contributed by atoms with Crippen molar-refractivity contribution in [2.24, 2.45) is 11.7 Å². The molecule has 0 aromatic heterocycles. The van der Waals surface area contributed by atoms with Crippen LogP contribution in [0.15, 0.2) is 0 Å². The largest absolute Gasteiger partial charge is 0.327 e. The van der Waals surface area contributed by atoms with Gasteiger partial charge in [0.05, 0.1) is 12.0 Å². The van der Waals surface area contributed by atoms with E-state index in [1.165, 1.54) is 0 Å². The van der Waals surface area contributed by atoms with Gasteiger partial charge in [-0.15, -0.1) is 0 Å². The van der Waals surface area contributed by atoms with Crippen molar-refractivity contribution in [2.45, 2.75) is 39.2 Å². The monoisotopic (exact) mass is 140 g/mol. The molecule has 2 atom stereocenters. The Kier molecular flexibility index (Phi) is 4.96. The Bertz CT molecular complexity index is 113. The summed E-state index contributed by atoms with van der Waals surface area (Å²) in [6.45, 7) is 4.01. The molecule has 58 valence electrons. The second-order valence-corrected chi connectivity index (χ2v) is 2.74. The van der Waals surface area contributed by atoms with E-state index in [1.807, 2.05) is 6.92 Å². The van der Waals surface area contributed by atoms with E-state index in [0.29, 0.717) is 0 Å². The molecule has 0 heterocycles. The summed E-state index contributed by atoms with van der Waals surface area (Å²) in [7, 11) is 0. The number of rotatable bonds is 4. The molecule has 0 fully saturated rings. The highest BCUT2D eigenvalue weighted by Crippen LogP contribution is 2.09. The van der Waals surface area contributed by atoms with Crippen molar-refractivity contribution in [2.75, 3.05) is 0 Å². The lowest BCUT2D eigenvalue weighted by Crippen LogP contribution is -2.25. The molecule has 0 saturated carbocycles. The van der Waals surface area contributed by atoms with E-state index in [1.54, 1.807) is 0 Å². The zero-order chi connectivity index (χ0) is 7.98. The lowest BCUT2D eigenvalue weighted by atomic mass is 9.97. The summed E-state index contributed by atoms with van der Waals surface area (Å²) < 4.78 is 0. The molecule has 0 aliphatic heterocycles. The van der Waals surface area contributed by atoms with Gasteiger partial charge in [0.1, 0.15) is 0 Å². The highest BCUT2D eigenvalue weighted by molar-refractivity contribution is 4.87. The minimum Gasteiger partial charge on any atom is -0.327 e. The van der Waals surface area contributed by atoms with Crippen LogP contribution in [0, 0.1) is 17.2 Å². The summed E-state index contributed by atoms with van der Waals surface area (Å²) in [6.07, 6.45) is 3.20. The van der Waals surface area contributed by atoms with E-state index in [0.717, 1.165) is 19.3 Å². The quantitative estimate of drug-likeness (QED) is 0.645. The van der Waals surface area contributed by atoms with Crippen LogP contribution in [-0.2, 0) is 0 Å². The maximum atomic E-state index is 8.59. The SMILES string of the molecule is CCCCC(C#N)[C@@H](C)N. The molecule has 0 bridgehead atoms. The molecule has 0 aliphatic rings. The van der Waals surface area contributed by atoms with E-state index in [9.17, 15) is 0 Å². The lowest BCUT2D eigenvalue weighted by molar-refractivity contribution is 0.488. The van der Waals surface area contributed by atoms with Crippen molar-refractivity contribution in [3.63, 3.8) is 0 Å². The molecule has 0 rings (SSSR count). The van der Waals surface area contributed by atoms with Gasteiger partial charge in [-0.3, -0.25) is 0 Å². The zero-order valence-electron chi connectivity index (χ0n) is 6.80. The average molecular weight is 140 g/mol. The Morgan fingerprint density at radius 3 is 2.50 bits per heavy atom. The van der Waals surface area contributed by atoms with Crippen LogP contribution >= 0.6 is 0 Å². The summed E-state index contributed by atoms with van der Waals surface area (Å²) in [6, 6.07) is 2.24. The Morgan fingerprint density at radius 2 is 2.20 bits per heavy atom. The Hall–Kier alpha value is -0.550. The molecule has 0 amide bonds. The third-order valence-electron chi connectivity index (χ3n) is 1.67. The van der Waals surface area contributed by atoms with Crippen molar-refractivity contribution in [1.29, 1.82) is 5.26 Å². The van der Waals surface area contributed by atoms with Crippen LogP contribution in [0.5, 0.6) is 0 Å². The standard InChI is InChI=1S/C8H16N2/c1-3-4-5-8(6-9)7(2)10/h7-8H,3-5,10H2,1-2H3/t7-,8?/m1/s1. The molecule has 2 nitrogen and oxygen atoms in total. The molecule has 0 radical (unpaired) electrons. The van der Waals surface area contributed by atoms with Crippen LogP contribution in [0.25, 0.3) is 0 Å². The van der Waals surface area contributed by atoms with Gasteiger partial charge in [-0.25, -0.2) is 0 Å². The fraction of sp³-hybridized carbons (Fsp3) is 0.875. The van der Waals surface area contributed by atoms with Crippen molar-refractivity contribution in [3.05, 3.63) is 0 Å². The predicted molar refractivity (Wildman–Crippen MR) is 42.3 cm³/mol. The number of hydrogen-bond acceptors (Lipinski definition) is 2. The van der Waals surface area contributed by atoms with Crippen LogP contribution in [0.4, 0.5) is 0 Å². The van der Waals surface area contributed by atoms with Gasteiger partial charge in [0.15, 0.2) is 0 Å². The highest BCUT2D eigenvalue weighted by atomic mass is 14.6. The minimum absolute atomic E-state index is 0.0246. The molecule has 0 aliphatic carbocycles. The van der Waals surface area contributed by atoms with Crippen molar-refractivity contribution in [3.8, 4) is 6.07 Å². The number of nitrogens with two attached hydrogens (primary N) is 1. The van der Waals surface area contributed by atoms with Gasteiger partial charge in [-0.1, -0.05) is 19.8 Å². The van der Waals surface area contributed by atoms with Crippen LogP contribution in [-0.4, -0.2) is 6.04 Å². The van der Waals surface area contributed by atoms with Gasteiger partial charge < -0.3 is 5.73 Å². The second kappa shape index (κ2) is 5.25. The van der Waals surface area contributed by atoms with Gasteiger partial charge in [-0.2, -0.15) is 5.26 Å². The Balaban J connectivity index is 3.53. The van der Waals surface area contributed by atoms with Gasteiger partial charge in [-0.05, 0) is 13.3 Å². The first kappa shape index (κ1) is 9.45. The van der Waals surface area contributed by atoms with E-state index >= 15 is 0 Å². The maximum absolute atomic E-state index is 8.59. The Morgan fingerprint density at radius 1 is 1.60 bits per heavy atom. The normalized spacial score (nSPS) is 15.8. The van der Waals surface area contributed by atoms with E-state index < -0.39 is 0 Å². The number of hydrogen-bond donors (Lipinski definition) is 1. The first-order chi connectivity index (χ1) is 4.72. The van der Waals surface area contributed by atoms with Crippen LogP contribution in [0.2, 0.25) is 0 Å². The highest BCUT2D eigenvalue weighted by Gasteiger charge is 2.10. The molecule has 0 saturated heterocycles. The molecule has 2 N–H and O–H groups in total. The summed E-state index contributed by atoms with van der Waals surface area (Å²) in [4.78, 5) is 0. The van der Waals surface area contributed by atoms with E-state index in [4.69, 9.17) is 11.0 Å². The third kappa shape index (κ3) is 3.47. The predicted octanol–water partition coefficient (Wildman–Crippen LogP) is 1.66. The Labute approximate surface area is 63.0 Å². The van der Waals surface area contributed by atoms with E-state index in [2.05, 4.69) is 13.0 Å². The number of nitriles is 1. The van der Waals surface area contributed by atoms with Crippen molar-refractivity contribution in [1.82, 2.24) is 0 Å². The molecule has 2 heteroatoms. The van der Waals surface area contributed by atoms with Gasteiger partial charge in [0, 0.05) is 6.04 Å². The van der Waals surface area contributed by atoms with Gasteiger partial charge in [0.25, 0.3) is 0 Å². The molecule has 0 aromatic rings. The fourth-order valence-electron chi connectivity index (χ4n) is 0.869. The summed E-state index contributed by atoms with van der Waals surface area (Å²) in [5.41, 5.74) is 5.57. The number of nitrogens with zero attached hydrogens (tertiary/aromatic N) is 1. The van der Waals surface area contributed by atoms with Crippen LogP contribution in [0.3, 0.4) is 0 Å². The van der Waals surface area contributed by atoms with Gasteiger partial charge >= 0.3 is 0 Å². The second-order valence-electron chi connectivity index (χ2n) is 2.74. The zero-order valence-corrected chi connectivity index (χ0v) is 6.80. The maximum Gasteiger partial charge on any atom is 0.0672 e. The van der Waals surface area contributed by atoms with Gasteiger partial charge in [0.2, 0.25) is 0 Å². The van der Waals surface area contributed by atoms with Crippen LogP contribution in [0.1, 0.15) is 33.1 Å². The molecule has 1 unspecified atom stereocenters. The minimum atomic E-state index is 0.0246. The molecular formula is C8H16N2. The first-order valence-corrected chi connectivity index (χ1v) is 3.87. The summed E-state index contributed by atoms with van der Waals surface area (Å²) in [5, 5.41) is 8.59. The number of unbranched alkanes of at least 4 members (excludes halogenated alkanes) is 1. The summed E-state index contributed by atoms with van der Waals surface area (Å²) in [5.74, 6) is 0.0555. The topological polar surface area (TPSA) is 49.8 Å². The fourth-order valence-corrected chi connectivity index (χ4v) is 0.869. The molecule has 10 heavy (non-hydrogen) atoms. The average Bonchev–Trinajstić information content (AvgIpc) is 1.89.